The van der Waals surface area contributed by atoms with Gasteiger partial charge in [0, 0.05) is 90.8 Å². The molecule has 1 aliphatic heterocycles. The van der Waals surface area contributed by atoms with Crippen molar-refractivity contribution in [1.29, 1.82) is 0 Å². The fraction of sp³-hybridized carbons (Fsp3) is 0.189. The molecule has 0 saturated carbocycles. The summed E-state index contributed by atoms with van der Waals surface area (Å²) in [5.41, 5.74) is 2.00. The van der Waals surface area contributed by atoms with Crippen LogP contribution in [0.4, 0.5) is 5.69 Å². The van der Waals surface area contributed by atoms with Gasteiger partial charge in [-0.15, -0.1) is 0 Å². The normalized spacial score (nSPS) is 15.0. The molecule has 6 aromatic rings. The summed E-state index contributed by atoms with van der Waals surface area (Å²) < 4.78 is 62.9. The largest absolute Gasteiger partial charge is 0.379 e. The van der Waals surface area contributed by atoms with E-state index in [9.17, 15) is 16.8 Å². The zero-order valence-electron chi connectivity index (χ0n) is 26.6. The molecule has 1 N–H and O–H groups in total. The number of anilines is 1. The number of hydrogen-bond donors (Lipinski definition) is 1. The van der Waals surface area contributed by atoms with Crippen LogP contribution in [-0.2, 0) is 26.6 Å². The lowest BCUT2D eigenvalue weighted by Gasteiger charge is -2.37. The van der Waals surface area contributed by atoms with Gasteiger partial charge in [0.05, 0.1) is 4.90 Å². The van der Waals surface area contributed by atoms with E-state index in [1.807, 2.05) is 24.3 Å². The average Bonchev–Trinajstić information content (AvgIpc) is 3.12. The molecule has 0 amide bonds. The van der Waals surface area contributed by atoms with Crippen molar-refractivity contribution in [2.75, 3.05) is 37.6 Å². The van der Waals surface area contributed by atoms with Crippen LogP contribution in [0.3, 0.4) is 0 Å². The van der Waals surface area contributed by atoms with E-state index in [1.54, 1.807) is 85.5 Å². The van der Waals surface area contributed by atoms with Crippen LogP contribution in [0, 0.1) is 0 Å². The number of pyridine rings is 2. The Bertz CT molecular complexity index is 2290. The highest BCUT2D eigenvalue weighted by Crippen LogP contribution is 2.27. The van der Waals surface area contributed by atoms with Gasteiger partial charge in [-0.25, -0.2) is 13.1 Å². The van der Waals surface area contributed by atoms with E-state index in [0.29, 0.717) is 29.1 Å². The van der Waals surface area contributed by atoms with Gasteiger partial charge >= 0.3 is 10.1 Å². The number of aromatic nitrogens is 2. The van der Waals surface area contributed by atoms with Crippen molar-refractivity contribution in [3.63, 3.8) is 0 Å². The molecule has 0 aliphatic carbocycles. The second-order valence-electron chi connectivity index (χ2n) is 12.0. The number of hydrogen-bond acceptors (Lipinski definition) is 9. The number of sulfonamides is 1. The number of nitrogens with one attached hydrogen (secondary N) is 1. The average molecular weight is 694 g/mol. The molecule has 3 heterocycles. The molecule has 0 bridgehead atoms. The van der Waals surface area contributed by atoms with Gasteiger partial charge in [0.25, 0.3) is 0 Å². The molecule has 1 fully saturated rings. The van der Waals surface area contributed by atoms with Gasteiger partial charge in [0.1, 0.15) is 10.6 Å². The highest BCUT2D eigenvalue weighted by Gasteiger charge is 2.27. The Hall–Kier alpha value is -4.88. The molecule has 1 atom stereocenters. The minimum absolute atomic E-state index is 0.0579. The lowest BCUT2D eigenvalue weighted by molar-refractivity contribution is 0.236. The van der Waals surface area contributed by atoms with Crippen LogP contribution in [0.1, 0.15) is 5.56 Å². The second-order valence-corrected chi connectivity index (χ2v) is 15.2. The Balaban J connectivity index is 1.10. The molecule has 0 unspecified atom stereocenters. The molecule has 0 spiro atoms. The fourth-order valence-electron chi connectivity index (χ4n) is 6.34. The van der Waals surface area contributed by atoms with Crippen molar-refractivity contribution in [3.05, 3.63) is 133 Å². The Labute approximate surface area is 286 Å². The lowest BCUT2D eigenvalue weighted by atomic mass is 10.1. The van der Waals surface area contributed by atoms with E-state index in [2.05, 4.69) is 36.6 Å². The van der Waals surface area contributed by atoms with Gasteiger partial charge in [-0.05, 0) is 60.5 Å². The first-order chi connectivity index (χ1) is 23.7. The number of benzene rings is 4. The molecule has 12 heteroatoms. The first-order valence-electron chi connectivity index (χ1n) is 16.0. The quantitative estimate of drug-likeness (QED) is 0.181. The van der Waals surface area contributed by atoms with Gasteiger partial charge in [-0.1, -0.05) is 54.6 Å². The van der Waals surface area contributed by atoms with Gasteiger partial charge in [-0.2, -0.15) is 8.42 Å². The van der Waals surface area contributed by atoms with Crippen molar-refractivity contribution in [3.8, 4) is 5.75 Å². The van der Waals surface area contributed by atoms with Crippen LogP contribution in [0.15, 0.2) is 138 Å². The van der Waals surface area contributed by atoms with Crippen LogP contribution in [0.5, 0.6) is 5.75 Å². The summed E-state index contributed by atoms with van der Waals surface area (Å²) in [5, 5.41) is 2.56. The van der Waals surface area contributed by atoms with Crippen molar-refractivity contribution in [2.45, 2.75) is 22.3 Å². The second kappa shape index (κ2) is 13.9. The number of para-hydroxylation sites is 1. The van der Waals surface area contributed by atoms with Gasteiger partial charge in [-0.3, -0.25) is 14.9 Å². The maximum atomic E-state index is 13.9. The van der Waals surface area contributed by atoms with Crippen molar-refractivity contribution in [2.24, 2.45) is 0 Å². The number of rotatable bonds is 11. The van der Waals surface area contributed by atoms with E-state index in [-0.39, 0.29) is 15.5 Å². The first kappa shape index (κ1) is 32.7. The van der Waals surface area contributed by atoms with Crippen LogP contribution >= 0.6 is 0 Å². The molecule has 250 valence electrons. The number of fused-ring (bicyclic) bond motifs is 2. The van der Waals surface area contributed by atoms with E-state index >= 15 is 0 Å². The fourth-order valence-corrected chi connectivity index (χ4v) is 8.95. The summed E-state index contributed by atoms with van der Waals surface area (Å²) in [5.74, 6) is 0.160. The Morgan fingerprint density at radius 2 is 1.29 bits per heavy atom. The van der Waals surface area contributed by atoms with Crippen molar-refractivity contribution in [1.82, 2.24) is 19.6 Å². The molecule has 1 aliphatic rings. The summed E-state index contributed by atoms with van der Waals surface area (Å²) in [6, 6.07) is 30.0. The van der Waals surface area contributed by atoms with Crippen LogP contribution < -0.4 is 13.8 Å². The highest BCUT2D eigenvalue weighted by atomic mass is 32.2. The molecule has 49 heavy (non-hydrogen) atoms. The van der Waals surface area contributed by atoms with Crippen molar-refractivity contribution < 1.29 is 21.0 Å². The molecular weight excluding hydrogens is 659 g/mol. The molecule has 7 rings (SSSR count). The van der Waals surface area contributed by atoms with E-state index in [4.69, 9.17) is 4.18 Å². The summed E-state index contributed by atoms with van der Waals surface area (Å²) in [6.45, 7) is 3.71. The van der Waals surface area contributed by atoms with E-state index in [1.165, 1.54) is 11.8 Å². The van der Waals surface area contributed by atoms with E-state index in [0.717, 1.165) is 37.1 Å². The third-order valence-electron chi connectivity index (χ3n) is 8.75. The molecular formula is C37H35N5O5S2. The van der Waals surface area contributed by atoms with Crippen LogP contribution in [0.2, 0.25) is 0 Å². The molecule has 4 aromatic carbocycles. The van der Waals surface area contributed by atoms with Crippen LogP contribution in [0.25, 0.3) is 21.5 Å². The minimum atomic E-state index is -4.13. The first-order valence-corrected chi connectivity index (χ1v) is 18.9. The van der Waals surface area contributed by atoms with Crippen molar-refractivity contribution >= 4 is 47.4 Å². The van der Waals surface area contributed by atoms with Crippen LogP contribution in [-0.4, -0.2) is 70.5 Å². The predicted molar refractivity (Wildman–Crippen MR) is 191 cm³/mol. The third-order valence-corrected chi connectivity index (χ3v) is 11.6. The summed E-state index contributed by atoms with van der Waals surface area (Å²) in [7, 11) is -8.04. The standard InChI is InChI=1S/C37H35N5O5S2/c43-48(44,36-10-4-6-29-25-38-18-16-34(29)36)40-31(27-41-20-22-42(23-21-41)32-8-2-1-3-9-32)24-28-12-14-33(15-13-28)47-49(45,46)37-11-5-7-30-26-39-19-17-35(30)37/h1-19,25-26,31,40H,20-24,27H2/t31-/m1/s1. The van der Waals surface area contributed by atoms with Gasteiger partial charge < -0.3 is 9.08 Å². The maximum Gasteiger partial charge on any atom is 0.339 e. The lowest BCUT2D eigenvalue weighted by Crippen LogP contribution is -2.52. The predicted octanol–water partition coefficient (Wildman–Crippen LogP) is 5.26. The maximum absolute atomic E-state index is 13.9. The number of nitrogens with zero attached hydrogens (tertiary/aromatic N) is 4. The summed E-state index contributed by atoms with van der Waals surface area (Å²) in [6.07, 6.45) is 6.77. The molecule has 2 aromatic heterocycles. The monoisotopic (exact) mass is 693 g/mol. The SMILES string of the molecule is O=S(=O)(N[C@H](Cc1ccc(OS(=O)(=O)c2cccc3cnccc23)cc1)CN1CCN(c2ccccc2)CC1)c1cccc2cnccc12. The number of piperazine rings is 1. The molecule has 1 saturated heterocycles. The summed E-state index contributed by atoms with van der Waals surface area (Å²) in [4.78, 5) is 13.1. The molecule has 0 radical (unpaired) electrons. The van der Waals surface area contributed by atoms with Gasteiger partial charge in [0.15, 0.2) is 0 Å². The van der Waals surface area contributed by atoms with Gasteiger partial charge in [0.2, 0.25) is 10.0 Å². The Kier molecular flexibility index (Phi) is 9.28. The molecule has 10 nitrogen and oxygen atoms in total. The third kappa shape index (κ3) is 7.42. The smallest absolute Gasteiger partial charge is 0.339 e. The summed E-state index contributed by atoms with van der Waals surface area (Å²) >= 11 is 0. The van der Waals surface area contributed by atoms with E-state index < -0.39 is 26.2 Å². The Morgan fingerprint density at radius 1 is 0.673 bits per heavy atom. The highest BCUT2D eigenvalue weighted by molar-refractivity contribution is 7.89. The Morgan fingerprint density at radius 3 is 1.94 bits per heavy atom. The zero-order valence-corrected chi connectivity index (χ0v) is 28.2. The zero-order chi connectivity index (χ0) is 33.8. The topological polar surface area (TPSA) is 122 Å². The minimum Gasteiger partial charge on any atom is -0.379 e.